The number of benzene rings is 4. The molecule has 0 bridgehead atoms. The Morgan fingerprint density at radius 2 is 1.71 bits per heavy atom. The van der Waals surface area contributed by atoms with Crippen molar-refractivity contribution in [3.63, 3.8) is 0 Å². The Bertz CT molecular complexity index is 1310. The summed E-state index contributed by atoms with van der Waals surface area (Å²) in [6.45, 7) is 4.62. The minimum atomic E-state index is -0.214. The molecule has 6 rings (SSSR count). The van der Waals surface area contributed by atoms with Gasteiger partial charge in [-0.05, 0) is 83.2 Å². The molecule has 2 heterocycles. The highest BCUT2D eigenvalue weighted by Gasteiger charge is 2.26. The Hall–Kier alpha value is -3.34. The molecule has 2 aliphatic heterocycles. The van der Waals surface area contributed by atoms with E-state index in [4.69, 9.17) is 9.47 Å². The van der Waals surface area contributed by atoms with Crippen LogP contribution in [0.25, 0.3) is 21.9 Å². The smallest absolute Gasteiger partial charge is 0.119 e. The number of phenols is 1. The maximum Gasteiger partial charge on any atom is 0.119 e. The van der Waals surface area contributed by atoms with Crippen molar-refractivity contribution in [2.45, 2.75) is 25.6 Å². The third-order valence-corrected chi connectivity index (χ3v) is 7.08. The van der Waals surface area contributed by atoms with E-state index in [1.807, 2.05) is 12.1 Å². The van der Waals surface area contributed by atoms with Gasteiger partial charge in [-0.25, -0.2) is 0 Å². The van der Waals surface area contributed by atoms with E-state index in [9.17, 15) is 5.11 Å². The molecule has 4 nitrogen and oxygen atoms in total. The van der Waals surface area contributed by atoms with Gasteiger partial charge in [-0.2, -0.15) is 0 Å². The lowest BCUT2D eigenvalue weighted by Gasteiger charge is -2.21. The molecule has 1 N–H and O–H groups in total. The molecule has 0 aromatic heterocycles. The lowest BCUT2D eigenvalue weighted by molar-refractivity contribution is 0.0701. The zero-order chi connectivity index (χ0) is 22.9. The van der Waals surface area contributed by atoms with Crippen LogP contribution in [0.5, 0.6) is 11.5 Å². The molecular formula is C30H29NO3. The zero-order valence-electron chi connectivity index (χ0n) is 19.2. The molecule has 4 aromatic carbocycles. The predicted molar refractivity (Wildman–Crippen MR) is 135 cm³/mol. The van der Waals surface area contributed by atoms with Crippen molar-refractivity contribution in [3.8, 4) is 22.6 Å². The van der Waals surface area contributed by atoms with E-state index in [1.54, 1.807) is 6.07 Å². The maximum atomic E-state index is 10.1. The van der Waals surface area contributed by atoms with Crippen LogP contribution in [0.4, 0.5) is 0 Å². The standard InChI is InChI=1S/C30H29NO3/c32-24-10-14-27-22(19-24)9-13-28-26-6-2-1-5-23(26)20-34-30(29(27)28)21-7-11-25(12-8-21)33-18-17-31-15-3-4-16-31/h1-2,5-14,19,30,32H,3-4,15-18,20H2. The molecule has 0 saturated carbocycles. The minimum absolute atomic E-state index is 0.214. The van der Waals surface area contributed by atoms with Gasteiger partial charge >= 0.3 is 0 Å². The van der Waals surface area contributed by atoms with E-state index >= 15 is 0 Å². The molecule has 4 heteroatoms. The SMILES string of the molecule is Oc1ccc2c3c(ccc2c1)-c1ccccc1COC3c1ccc(OCCN2CCCC2)cc1. The van der Waals surface area contributed by atoms with Gasteiger partial charge in [0.1, 0.15) is 24.2 Å². The number of hydrogen-bond acceptors (Lipinski definition) is 4. The fourth-order valence-electron chi connectivity index (χ4n) is 5.32. The summed E-state index contributed by atoms with van der Waals surface area (Å²) in [5.41, 5.74) is 5.82. The van der Waals surface area contributed by atoms with Gasteiger partial charge in [0.2, 0.25) is 0 Å². The Labute approximate surface area is 200 Å². The summed E-state index contributed by atoms with van der Waals surface area (Å²) in [6.07, 6.45) is 2.39. The van der Waals surface area contributed by atoms with Gasteiger partial charge < -0.3 is 14.6 Å². The van der Waals surface area contributed by atoms with Crippen LogP contribution < -0.4 is 4.74 Å². The molecule has 0 spiro atoms. The summed E-state index contributed by atoms with van der Waals surface area (Å²) in [6, 6.07) is 26.6. The maximum absolute atomic E-state index is 10.1. The van der Waals surface area contributed by atoms with Crippen molar-refractivity contribution >= 4 is 10.8 Å². The van der Waals surface area contributed by atoms with Crippen molar-refractivity contribution in [1.29, 1.82) is 0 Å². The van der Waals surface area contributed by atoms with Crippen LogP contribution in [0.2, 0.25) is 0 Å². The summed E-state index contributed by atoms with van der Waals surface area (Å²) < 4.78 is 12.6. The number of likely N-dealkylation sites (tertiary alicyclic amines) is 1. The number of aromatic hydroxyl groups is 1. The van der Waals surface area contributed by atoms with Crippen LogP contribution in [-0.2, 0) is 11.3 Å². The number of fused-ring (bicyclic) bond motifs is 5. The number of ether oxygens (including phenoxy) is 2. The Kier molecular flexibility index (Phi) is 5.69. The van der Waals surface area contributed by atoms with E-state index in [0.29, 0.717) is 13.2 Å². The van der Waals surface area contributed by atoms with E-state index in [1.165, 1.54) is 42.6 Å². The highest BCUT2D eigenvalue weighted by atomic mass is 16.5. The second kappa shape index (κ2) is 9.13. The third kappa shape index (κ3) is 4.04. The number of nitrogens with zero attached hydrogens (tertiary/aromatic N) is 1. The van der Waals surface area contributed by atoms with E-state index in [2.05, 4.69) is 65.6 Å². The number of hydrogen-bond donors (Lipinski definition) is 1. The Morgan fingerprint density at radius 1 is 0.882 bits per heavy atom. The van der Waals surface area contributed by atoms with Gasteiger partial charge in [0.05, 0.1) is 6.61 Å². The van der Waals surface area contributed by atoms with Crippen molar-refractivity contribution < 1.29 is 14.6 Å². The minimum Gasteiger partial charge on any atom is -0.508 e. The summed E-state index contributed by atoms with van der Waals surface area (Å²) in [5.74, 6) is 1.16. The normalized spacial score (nSPS) is 17.8. The average molecular weight is 452 g/mol. The summed E-state index contributed by atoms with van der Waals surface area (Å²) in [4.78, 5) is 2.46. The second-order valence-corrected chi connectivity index (χ2v) is 9.25. The van der Waals surface area contributed by atoms with Crippen molar-refractivity contribution in [3.05, 3.63) is 95.6 Å². The van der Waals surface area contributed by atoms with E-state index in [-0.39, 0.29) is 11.9 Å². The molecule has 172 valence electrons. The quantitative estimate of drug-likeness (QED) is 0.386. The molecule has 34 heavy (non-hydrogen) atoms. The van der Waals surface area contributed by atoms with Gasteiger partial charge in [0.25, 0.3) is 0 Å². The van der Waals surface area contributed by atoms with Crippen LogP contribution in [0.3, 0.4) is 0 Å². The first-order chi connectivity index (χ1) is 16.8. The topological polar surface area (TPSA) is 41.9 Å². The molecule has 1 unspecified atom stereocenters. The van der Waals surface area contributed by atoms with Crippen LogP contribution in [0.15, 0.2) is 78.9 Å². The second-order valence-electron chi connectivity index (χ2n) is 9.25. The number of rotatable bonds is 5. The first kappa shape index (κ1) is 21.2. The predicted octanol–water partition coefficient (Wildman–Crippen LogP) is 6.31. The molecular weight excluding hydrogens is 422 g/mol. The molecule has 1 fully saturated rings. The average Bonchev–Trinajstić information content (AvgIpc) is 3.32. The van der Waals surface area contributed by atoms with Crippen molar-refractivity contribution in [2.75, 3.05) is 26.2 Å². The van der Waals surface area contributed by atoms with Gasteiger partial charge in [0.15, 0.2) is 0 Å². The van der Waals surface area contributed by atoms with Crippen LogP contribution in [0, 0.1) is 0 Å². The molecule has 4 aromatic rings. The van der Waals surface area contributed by atoms with Gasteiger partial charge in [-0.15, -0.1) is 0 Å². The van der Waals surface area contributed by atoms with Gasteiger partial charge in [-0.1, -0.05) is 54.6 Å². The fraction of sp³-hybridized carbons (Fsp3) is 0.267. The molecule has 1 saturated heterocycles. The highest BCUT2D eigenvalue weighted by Crippen LogP contribution is 2.44. The largest absolute Gasteiger partial charge is 0.508 e. The van der Waals surface area contributed by atoms with Crippen molar-refractivity contribution in [2.24, 2.45) is 0 Å². The zero-order valence-corrected chi connectivity index (χ0v) is 19.2. The Morgan fingerprint density at radius 3 is 2.56 bits per heavy atom. The summed E-state index contributed by atoms with van der Waals surface area (Å²) in [5, 5.41) is 12.2. The fourth-order valence-corrected chi connectivity index (χ4v) is 5.32. The third-order valence-electron chi connectivity index (χ3n) is 7.08. The van der Waals surface area contributed by atoms with Gasteiger partial charge in [0, 0.05) is 12.1 Å². The number of phenolic OH excluding ortho intramolecular Hbond substituents is 1. The van der Waals surface area contributed by atoms with Gasteiger partial charge in [-0.3, -0.25) is 4.90 Å². The van der Waals surface area contributed by atoms with E-state index in [0.717, 1.165) is 34.2 Å². The molecule has 2 aliphatic rings. The lowest BCUT2D eigenvalue weighted by Crippen LogP contribution is -2.25. The monoisotopic (exact) mass is 451 g/mol. The molecule has 0 amide bonds. The Balaban J connectivity index is 1.35. The molecule has 1 atom stereocenters. The van der Waals surface area contributed by atoms with Crippen LogP contribution in [0.1, 0.15) is 35.6 Å². The van der Waals surface area contributed by atoms with E-state index < -0.39 is 0 Å². The lowest BCUT2D eigenvalue weighted by atomic mass is 9.88. The highest BCUT2D eigenvalue weighted by molar-refractivity contribution is 5.94. The molecule has 0 radical (unpaired) electrons. The summed E-state index contributed by atoms with van der Waals surface area (Å²) in [7, 11) is 0. The first-order valence-corrected chi connectivity index (χ1v) is 12.2. The summed E-state index contributed by atoms with van der Waals surface area (Å²) >= 11 is 0. The van der Waals surface area contributed by atoms with Crippen LogP contribution >= 0.6 is 0 Å². The molecule has 0 aliphatic carbocycles. The van der Waals surface area contributed by atoms with Crippen LogP contribution in [-0.4, -0.2) is 36.2 Å². The first-order valence-electron chi connectivity index (χ1n) is 12.2. The van der Waals surface area contributed by atoms with Crippen molar-refractivity contribution in [1.82, 2.24) is 4.90 Å².